The summed E-state index contributed by atoms with van der Waals surface area (Å²) in [6.07, 6.45) is 0.863. The van der Waals surface area contributed by atoms with E-state index >= 15 is 0 Å². The lowest BCUT2D eigenvalue weighted by Gasteiger charge is -2.16. The molecule has 1 aliphatic rings. The molecule has 0 radical (unpaired) electrons. The molecule has 22 heavy (non-hydrogen) atoms. The molecule has 1 fully saturated rings. The highest BCUT2D eigenvalue weighted by Gasteiger charge is 2.29. The van der Waals surface area contributed by atoms with Gasteiger partial charge in [-0.15, -0.1) is 0 Å². The van der Waals surface area contributed by atoms with E-state index in [1.807, 2.05) is 65.6 Å². The molecule has 0 unspecified atom stereocenters. The number of carbonyl (C=O) groups is 2. The first kappa shape index (κ1) is 14.9. The monoisotopic (exact) mass is 311 g/mol. The fraction of sp³-hybridized carbons (Fsp3) is 0.222. The molecule has 112 valence electrons. The first-order valence-electron chi connectivity index (χ1n) is 7.34. The van der Waals surface area contributed by atoms with Crippen molar-refractivity contribution in [2.45, 2.75) is 11.7 Å². The molecule has 0 bridgehead atoms. The minimum atomic E-state index is 0.0517. The summed E-state index contributed by atoms with van der Waals surface area (Å²) in [6.45, 7) is 1.35. The van der Waals surface area contributed by atoms with Gasteiger partial charge in [0.1, 0.15) is 0 Å². The first-order chi connectivity index (χ1) is 10.7. The second kappa shape index (κ2) is 6.79. The van der Waals surface area contributed by atoms with E-state index in [9.17, 15) is 9.59 Å². The van der Waals surface area contributed by atoms with E-state index in [4.69, 9.17) is 0 Å². The molecule has 1 heterocycles. The molecule has 0 aliphatic carbocycles. The maximum absolute atomic E-state index is 12.4. The van der Waals surface area contributed by atoms with Gasteiger partial charge in [0.2, 0.25) is 5.12 Å². The summed E-state index contributed by atoms with van der Waals surface area (Å²) >= 11 is 1.34. The van der Waals surface area contributed by atoms with Gasteiger partial charge >= 0.3 is 0 Å². The predicted octanol–water partition coefficient (Wildman–Crippen LogP) is 3.47. The lowest BCUT2D eigenvalue weighted by atomic mass is 10.2. The Hall–Kier alpha value is -2.07. The standard InChI is InChI=1S/C18H17NO2S/c20-17(14-7-3-1-4-8-14)19-12-11-16(13-19)22-18(21)15-9-5-2-6-10-15/h1-10,16H,11-13H2/t16-/m0/s1. The molecule has 0 aromatic heterocycles. The van der Waals surface area contributed by atoms with Crippen LogP contribution < -0.4 is 0 Å². The maximum Gasteiger partial charge on any atom is 0.253 e. The molecule has 2 aromatic rings. The van der Waals surface area contributed by atoms with Crippen LogP contribution in [0, 0.1) is 0 Å². The second-order valence-electron chi connectivity index (χ2n) is 5.30. The SMILES string of the molecule is O=C(S[C@H]1CCN(C(=O)c2ccccc2)C1)c1ccccc1. The van der Waals surface area contributed by atoms with Crippen LogP contribution in [-0.2, 0) is 0 Å². The molecule has 1 atom stereocenters. The number of carbonyl (C=O) groups excluding carboxylic acids is 2. The smallest absolute Gasteiger partial charge is 0.253 e. The van der Waals surface area contributed by atoms with Crippen LogP contribution in [0.15, 0.2) is 60.7 Å². The summed E-state index contributed by atoms with van der Waals surface area (Å²) in [4.78, 5) is 26.4. The number of amides is 1. The molecule has 1 aliphatic heterocycles. The average molecular weight is 311 g/mol. The van der Waals surface area contributed by atoms with Gasteiger partial charge in [0.05, 0.1) is 0 Å². The Kier molecular flexibility index (Phi) is 4.59. The van der Waals surface area contributed by atoms with Gasteiger partial charge in [-0.1, -0.05) is 60.3 Å². The Balaban J connectivity index is 1.59. The molecule has 3 nitrogen and oxygen atoms in total. The van der Waals surface area contributed by atoms with E-state index in [-0.39, 0.29) is 16.3 Å². The number of likely N-dealkylation sites (tertiary alicyclic amines) is 1. The summed E-state index contributed by atoms with van der Waals surface area (Å²) in [5.41, 5.74) is 1.43. The summed E-state index contributed by atoms with van der Waals surface area (Å²) in [5, 5.41) is 0.264. The summed E-state index contributed by atoms with van der Waals surface area (Å²) < 4.78 is 0. The van der Waals surface area contributed by atoms with Gasteiger partial charge < -0.3 is 4.90 Å². The fourth-order valence-corrected chi connectivity index (χ4v) is 3.62. The van der Waals surface area contributed by atoms with Crippen molar-refractivity contribution in [3.8, 4) is 0 Å². The zero-order chi connectivity index (χ0) is 15.4. The van der Waals surface area contributed by atoms with Crippen molar-refractivity contribution in [2.24, 2.45) is 0 Å². The van der Waals surface area contributed by atoms with Crippen LogP contribution in [0.2, 0.25) is 0 Å². The van der Waals surface area contributed by atoms with Crippen LogP contribution in [0.3, 0.4) is 0 Å². The average Bonchev–Trinajstić information content (AvgIpc) is 3.04. The Morgan fingerprint density at radius 3 is 2.14 bits per heavy atom. The van der Waals surface area contributed by atoms with Gasteiger partial charge in [0.15, 0.2) is 0 Å². The van der Waals surface area contributed by atoms with Gasteiger partial charge in [-0.2, -0.15) is 0 Å². The number of thioether (sulfide) groups is 1. The molecule has 0 saturated carbocycles. The van der Waals surface area contributed by atoms with Crippen molar-refractivity contribution < 1.29 is 9.59 Å². The van der Waals surface area contributed by atoms with Crippen molar-refractivity contribution in [3.05, 3.63) is 71.8 Å². The first-order valence-corrected chi connectivity index (χ1v) is 8.22. The summed E-state index contributed by atoms with van der Waals surface area (Å²) in [7, 11) is 0. The van der Waals surface area contributed by atoms with Crippen molar-refractivity contribution in [3.63, 3.8) is 0 Å². The quantitative estimate of drug-likeness (QED) is 0.871. The van der Waals surface area contributed by atoms with Crippen molar-refractivity contribution in [1.82, 2.24) is 4.90 Å². The Labute approximate surface area is 134 Å². The lowest BCUT2D eigenvalue weighted by molar-refractivity contribution is 0.0793. The highest BCUT2D eigenvalue weighted by molar-refractivity contribution is 8.14. The minimum Gasteiger partial charge on any atom is -0.337 e. The zero-order valence-corrected chi connectivity index (χ0v) is 13.0. The van der Waals surface area contributed by atoms with Gasteiger partial charge in [-0.3, -0.25) is 9.59 Å². The molecular weight excluding hydrogens is 294 g/mol. The predicted molar refractivity (Wildman–Crippen MR) is 89.1 cm³/mol. The van der Waals surface area contributed by atoms with Gasteiger partial charge in [0.25, 0.3) is 5.91 Å². The fourth-order valence-electron chi connectivity index (χ4n) is 2.57. The molecule has 2 aromatic carbocycles. The number of rotatable bonds is 3. The van der Waals surface area contributed by atoms with E-state index in [2.05, 4.69) is 0 Å². The van der Waals surface area contributed by atoms with Crippen LogP contribution in [0.5, 0.6) is 0 Å². The Morgan fingerprint density at radius 1 is 0.909 bits per heavy atom. The van der Waals surface area contributed by atoms with Crippen LogP contribution in [0.1, 0.15) is 27.1 Å². The van der Waals surface area contributed by atoms with Crippen molar-refractivity contribution in [2.75, 3.05) is 13.1 Å². The highest BCUT2D eigenvalue weighted by atomic mass is 32.2. The van der Waals surface area contributed by atoms with E-state index in [1.54, 1.807) is 0 Å². The topological polar surface area (TPSA) is 37.4 Å². The Bertz CT molecular complexity index is 657. The van der Waals surface area contributed by atoms with Crippen LogP contribution >= 0.6 is 11.8 Å². The molecule has 0 N–H and O–H groups in total. The molecular formula is C18H17NO2S. The van der Waals surface area contributed by atoms with E-state index in [1.165, 1.54) is 11.8 Å². The third kappa shape index (κ3) is 3.39. The highest BCUT2D eigenvalue weighted by Crippen LogP contribution is 2.26. The van der Waals surface area contributed by atoms with Gasteiger partial charge in [0, 0.05) is 29.5 Å². The maximum atomic E-state index is 12.4. The van der Waals surface area contributed by atoms with Crippen molar-refractivity contribution in [1.29, 1.82) is 0 Å². The molecule has 1 amide bonds. The zero-order valence-electron chi connectivity index (χ0n) is 12.1. The van der Waals surface area contributed by atoms with E-state index < -0.39 is 0 Å². The largest absolute Gasteiger partial charge is 0.337 e. The van der Waals surface area contributed by atoms with Crippen LogP contribution in [0.4, 0.5) is 0 Å². The minimum absolute atomic E-state index is 0.0517. The summed E-state index contributed by atoms with van der Waals surface area (Å²) in [5.74, 6) is 0.0517. The third-order valence-electron chi connectivity index (χ3n) is 3.74. The molecule has 0 spiro atoms. The van der Waals surface area contributed by atoms with Gasteiger partial charge in [-0.05, 0) is 18.6 Å². The molecule has 1 saturated heterocycles. The third-order valence-corrected chi connectivity index (χ3v) is 4.90. The van der Waals surface area contributed by atoms with E-state index in [0.717, 1.165) is 12.0 Å². The normalized spacial score (nSPS) is 17.5. The van der Waals surface area contributed by atoms with Crippen LogP contribution in [-0.4, -0.2) is 34.3 Å². The molecule has 3 rings (SSSR count). The Morgan fingerprint density at radius 2 is 1.50 bits per heavy atom. The lowest BCUT2D eigenvalue weighted by Crippen LogP contribution is -2.29. The van der Waals surface area contributed by atoms with Crippen molar-refractivity contribution >= 4 is 22.8 Å². The number of hydrogen-bond donors (Lipinski definition) is 0. The second-order valence-corrected chi connectivity index (χ2v) is 6.57. The number of benzene rings is 2. The van der Waals surface area contributed by atoms with Gasteiger partial charge in [-0.25, -0.2) is 0 Å². The number of nitrogens with zero attached hydrogens (tertiary/aromatic N) is 1. The molecule has 4 heteroatoms. The van der Waals surface area contributed by atoms with E-state index in [0.29, 0.717) is 18.7 Å². The number of hydrogen-bond acceptors (Lipinski definition) is 3. The summed E-state index contributed by atoms with van der Waals surface area (Å²) in [6, 6.07) is 18.6. The van der Waals surface area contributed by atoms with Crippen LogP contribution in [0.25, 0.3) is 0 Å².